The summed E-state index contributed by atoms with van der Waals surface area (Å²) in [5.41, 5.74) is 0. The summed E-state index contributed by atoms with van der Waals surface area (Å²) in [6.45, 7) is 2.47. The minimum Gasteiger partial charge on any atom is -0.377 e. The Bertz CT molecular complexity index is 259. The minimum absolute atomic E-state index is 0.401. The Labute approximate surface area is 86.9 Å². The van der Waals surface area contributed by atoms with Crippen molar-refractivity contribution in [1.29, 1.82) is 0 Å². The van der Waals surface area contributed by atoms with Crippen molar-refractivity contribution in [3.63, 3.8) is 0 Å². The molecule has 0 N–H and O–H groups in total. The van der Waals surface area contributed by atoms with Crippen LogP contribution in [-0.4, -0.2) is 22.8 Å². The fraction of sp³-hybridized carbons (Fsp3) is 0.500. The van der Waals surface area contributed by atoms with Crippen LogP contribution in [0.3, 0.4) is 0 Å². The van der Waals surface area contributed by atoms with Crippen molar-refractivity contribution in [1.82, 2.24) is 9.97 Å². The SMILES string of the molecule is CCSc1cc(Cl)nc(COC)n1. The van der Waals surface area contributed by atoms with E-state index in [1.54, 1.807) is 24.9 Å². The first-order chi connectivity index (χ1) is 6.26. The smallest absolute Gasteiger partial charge is 0.156 e. The van der Waals surface area contributed by atoms with Crippen molar-refractivity contribution in [3.8, 4) is 0 Å². The van der Waals surface area contributed by atoms with Crippen LogP contribution in [0.1, 0.15) is 12.7 Å². The molecule has 0 spiro atoms. The van der Waals surface area contributed by atoms with Gasteiger partial charge in [-0.05, 0) is 5.75 Å². The largest absolute Gasteiger partial charge is 0.377 e. The predicted molar refractivity (Wildman–Crippen MR) is 54.2 cm³/mol. The van der Waals surface area contributed by atoms with Crippen molar-refractivity contribution in [3.05, 3.63) is 17.0 Å². The van der Waals surface area contributed by atoms with Crippen LogP contribution >= 0.6 is 23.4 Å². The molecule has 0 atom stereocenters. The lowest BCUT2D eigenvalue weighted by Crippen LogP contribution is -1.98. The monoisotopic (exact) mass is 218 g/mol. The molecule has 0 bridgehead atoms. The van der Waals surface area contributed by atoms with E-state index in [0.717, 1.165) is 10.8 Å². The molecular weight excluding hydrogens is 208 g/mol. The third-order valence-electron chi connectivity index (χ3n) is 1.28. The number of thioether (sulfide) groups is 1. The molecule has 13 heavy (non-hydrogen) atoms. The molecule has 0 saturated carbocycles. The number of nitrogens with zero attached hydrogens (tertiary/aromatic N) is 2. The van der Waals surface area contributed by atoms with Gasteiger partial charge in [0.1, 0.15) is 16.8 Å². The average molecular weight is 219 g/mol. The van der Waals surface area contributed by atoms with Gasteiger partial charge in [-0.15, -0.1) is 11.8 Å². The van der Waals surface area contributed by atoms with Crippen LogP contribution in [0.4, 0.5) is 0 Å². The van der Waals surface area contributed by atoms with Gasteiger partial charge in [0.15, 0.2) is 5.82 Å². The lowest BCUT2D eigenvalue weighted by atomic mass is 10.6. The predicted octanol–water partition coefficient (Wildman–Crippen LogP) is 2.39. The summed E-state index contributed by atoms with van der Waals surface area (Å²) in [6, 6.07) is 1.76. The molecule has 5 heteroatoms. The van der Waals surface area contributed by atoms with Gasteiger partial charge in [-0.1, -0.05) is 18.5 Å². The van der Waals surface area contributed by atoms with Gasteiger partial charge in [-0.2, -0.15) is 0 Å². The van der Waals surface area contributed by atoms with E-state index in [1.165, 1.54) is 0 Å². The Balaban J connectivity index is 2.83. The van der Waals surface area contributed by atoms with Crippen molar-refractivity contribution in [2.45, 2.75) is 18.6 Å². The third-order valence-corrected chi connectivity index (χ3v) is 2.27. The summed E-state index contributed by atoms with van der Waals surface area (Å²) in [5, 5.41) is 1.37. The summed E-state index contributed by atoms with van der Waals surface area (Å²) >= 11 is 7.44. The molecule has 1 aromatic rings. The lowest BCUT2D eigenvalue weighted by Gasteiger charge is -2.02. The second-order valence-corrected chi connectivity index (χ2v) is 3.98. The van der Waals surface area contributed by atoms with E-state index >= 15 is 0 Å². The van der Waals surface area contributed by atoms with Gasteiger partial charge in [0.2, 0.25) is 0 Å². The Morgan fingerprint density at radius 2 is 2.31 bits per heavy atom. The van der Waals surface area contributed by atoms with Crippen molar-refractivity contribution >= 4 is 23.4 Å². The van der Waals surface area contributed by atoms with E-state index in [-0.39, 0.29) is 0 Å². The van der Waals surface area contributed by atoms with Crippen LogP contribution in [0.15, 0.2) is 11.1 Å². The molecular formula is C8H11ClN2OS. The zero-order valence-corrected chi connectivity index (χ0v) is 9.15. The maximum atomic E-state index is 5.80. The van der Waals surface area contributed by atoms with E-state index in [9.17, 15) is 0 Å². The number of methoxy groups -OCH3 is 1. The number of aromatic nitrogens is 2. The summed E-state index contributed by atoms with van der Waals surface area (Å²) in [7, 11) is 1.61. The molecule has 0 saturated heterocycles. The topological polar surface area (TPSA) is 35.0 Å². The summed E-state index contributed by atoms with van der Waals surface area (Å²) < 4.78 is 4.92. The third kappa shape index (κ3) is 3.50. The molecule has 0 amide bonds. The zero-order valence-electron chi connectivity index (χ0n) is 7.58. The molecule has 72 valence electrons. The Kier molecular flexibility index (Phi) is 4.48. The second-order valence-electron chi connectivity index (χ2n) is 2.31. The highest BCUT2D eigenvalue weighted by atomic mass is 35.5. The van der Waals surface area contributed by atoms with Crippen LogP contribution in [0.25, 0.3) is 0 Å². The zero-order chi connectivity index (χ0) is 9.68. The molecule has 1 aromatic heterocycles. The summed E-state index contributed by atoms with van der Waals surface area (Å²) in [4.78, 5) is 8.28. The standard InChI is InChI=1S/C8H11ClN2OS/c1-3-13-8-4-6(9)10-7(11-8)5-12-2/h4H,3,5H2,1-2H3. The van der Waals surface area contributed by atoms with Gasteiger partial charge in [0.05, 0.1) is 0 Å². The molecule has 0 aromatic carbocycles. The van der Waals surface area contributed by atoms with E-state index in [0.29, 0.717) is 17.6 Å². The molecule has 1 heterocycles. The van der Waals surface area contributed by atoms with Crippen LogP contribution in [0.2, 0.25) is 5.15 Å². The van der Waals surface area contributed by atoms with Crippen molar-refractivity contribution in [2.75, 3.05) is 12.9 Å². The normalized spacial score (nSPS) is 10.4. The molecule has 3 nitrogen and oxygen atoms in total. The molecule has 0 radical (unpaired) electrons. The van der Waals surface area contributed by atoms with E-state index < -0.39 is 0 Å². The van der Waals surface area contributed by atoms with E-state index in [4.69, 9.17) is 16.3 Å². The fourth-order valence-corrected chi connectivity index (χ4v) is 1.78. The average Bonchev–Trinajstić information content (AvgIpc) is 2.04. The lowest BCUT2D eigenvalue weighted by molar-refractivity contribution is 0.177. The van der Waals surface area contributed by atoms with Crippen molar-refractivity contribution in [2.24, 2.45) is 0 Å². The molecule has 0 fully saturated rings. The van der Waals surface area contributed by atoms with Gasteiger partial charge in [0.25, 0.3) is 0 Å². The van der Waals surface area contributed by atoms with Crippen molar-refractivity contribution < 1.29 is 4.74 Å². The molecule has 0 unspecified atom stereocenters. The first kappa shape index (κ1) is 10.8. The first-order valence-electron chi connectivity index (χ1n) is 3.91. The van der Waals surface area contributed by atoms with Crippen LogP contribution in [0, 0.1) is 0 Å². The minimum atomic E-state index is 0.401. The van der Waals surface area contributed by atoms with Gasteiger partial charge >= 0.3 is 0 Å². The van der Waals surface area contributed by atoms with Crippen LogP contribution in [0.5, 0.6) is 0 Å². The summed E-state index contributed by atoms with van der Waals surface area (Å²) in [6.07, 6.45) is 0. The number of hydrogen-bond acceptors (Lipinski definition) is 4. The first-order valence-corrected chi connectivity index (χ1v) is 5.27. The fourth-order valence-electron chi connectivity index (χ4n) is 0.857. The van der Waals surface area contributed by atoms with Gasteiger partial charge in [-0.3, -0.25) is 0 Å². The Morgan fingerprint density at radius 1 is 1.54 bits per heavy atom. The number of rotatable bonds is 4. The number of halogens is 1. The van der Waals surface area contributed by atoms with Crippen LogP contribution in [-0.2, 0) is 11.3 Å². The van der Waals surface area contributed by atoms with Gasteiger partial charge in [0, 0.05) is 13.2 Å². The Hall–Kier alpha value is -0.320. The maximum absolute atomic E-state index is 5.80. The van der Waals surface area contributed by atoms with Crippen LogP contribution < -0.4 is 0 Å². The Morgan fingerprint density at radius 3 is 2.92 bits per heavy atom. The van der Waals surface area contributed by atoms with Gasteiger partial charge < -0.3 is 4.74 Å². The highest BCUT2D eigenvalue weighted by Crippen LogP contribution is 2.18. The number of hydrogen-bond donors (Lipinski definition) is 0. The number of ether oxygens (including phenoxy) is 1. The molecule has 1 rings (SSSR count). The van der Waals surface area contributed by atoms with E-state index in [1.807, 2.05) is 0 Å². The summed E-state index contributed by atoms with van der Waals surface area (Å²) in [5.74, 6) is 1.60. The van der Waals surface area contributed by atoms with E-state index in [2.05, 4.69) is 16.9 Å². The molecule has 0 aliphatic rings. The second kappa shape index (κ2) is 5.42. The highest BCUT2D eigenvalue weighted by Gasteiger charge is 2.02. The maximum Gasteiger partial charge on any atom is 0.156 e. The molecule has 0 aliphatic heterocycles. The van der Waals surface area contributed by atoms with Gasteiger partial charge in [-0.25, -0.2) is 9.97 Å². The molecule has 0 aliphatic carbocycles. The highest BCUT2D eigenvalue weighted by molar-refractivity contribution is 7.99. The quantitative estimate of drug-likeness (QED) is 0.574.